The van der Waals surface area contributed by atoms with Gasteiger partial charge in [-0.2, -0.15) is 10.2 Å². The number of hydrogen-bond acceptors (Lipinski definition) is 5. The first-order valence-electron chi connectivity index (χ1n) is 6.07. The first-order chi connectivity index (χ1) is 8.65. The van der Waals surface area contributed by atoms with Gasteiger partial charge in [0, 0.05) is 7.05 Å². The van der Waals surface area contributed by atoms with Crippen molar-refractivity contribution < 1.29 is 0 Å². The molecular weight excluding hydrogens is 230 g/mol. The fraction of sp³-hybridized carbons (Fsp3) is 0.636. The molecule has 0 aliphatic rings. The van der Waals surface area contributed by atoms with Gasteiger partial charge < -0.3 is 5.32 Å². The predicted molar refractivity (Wildman–Crippen MR) is 66.7 cm³/mol. The summed E-state index contributed by atoms with van der Waals surface area (Å²) in [6.07, 6.45) is 3.26. The van der Waals surface area contributed by atoms with Crippen LogP contribution in [0.3, 0.4) is 0 Å². The van der Waals surface area contributed by atoms with Crippen LogP contribution in [0, 0.1) is 5.92 Å². The largest absolute Gasteiger partial charge is 0.310 e. The number of aryl methyl sites for hydroxylation is 1. The summed E-state index contributed by atoms with van der Waals surface area (Å²) in [6.45, 7) is 6.61. The molecule has 0 aliphatic heterocycles. The van der Waals surface area contributed by atoms with E-state index in [1.165, 1.54) is 6.33 Å². The van der Waals surface area contributed by atoms with Gasteiger partial charge >= 0.3 is 0 Å². The van der Waals surface area contributed by atoms with Crippen LogP contribution in [0.25, 0.3) is 0 Å². The lowest BCUT2D eigenvalue weighted by Crippen LogP contribution is -2.20. The molecule has 2 aromatic rings. The van der Waals surface area contributed by atoms with E-state index in [9.17, 15) is 0 Å². The van der Waals surface area contributed by atoms with Gasteiger partial charge in [0.15, 0.2) is 5.82 Å². The third kappa shape index (κ3) is 3.36. The molecule has 0 aliphatic carbocycles. The zero-order chi connectivity index (χ0) is 13.0. The topological polar surface area (TPSA) is 73.5 Å². The van der Waals surface area contributed by atoms with Crippen molar-refractivity contribution >= 4 is 0 Å². The van der Waals surface area contributed by atoms with Crippen LogP contribution in [0.15, 0.2) is 12.7 Å². The Morgan fingerprint density at radius 2 is 2.17 bits per heavy atom. The second kappa shape index (κ2) is 5.72. The molecule has 0 aromatic carbocycles. The third-order valence-electron chi connectivity index (χ3n) is 2.53. The summed E-state index contributed by atoms with van der Waals surface area (Å²) in [5, 5.41) is 11.7. The molecule has 0 atom stereocenters. The summed E-state index contributed by atoms with van der Waals surface area (Å²) in [4.78, 5) is 8.41. The fourth-order valence-electron chi connectivity index (χ4n) is 1.57. The Bertz CT molecular complexity index is 485. The third-order valence-corrected chi connectivity index (χ3v) is 2.53. The Labute approximate surface area is 106 Å². The normalized spacial score (nSPS) is 11.3. The number of nitrogens with one attached hydrogen (secondary N) is 1. The summed E-state index contributed by atoms with van der Waals surface area (Å²) in [7, 11) is 1.87. The molecule has 2 aromatic heterocycles. The molecule has 0 unspecified atom stereocenters. The van der Waals surface area contributed by atoms with E-state index in [1.54, 1.807) is 15.7 Å². The predicted octanol–water partition coefficient (Wildman–Crippen LogP) is 0.200. The minimum absolute atomic E-state index is 0.591. The van der Waals surface area contributed by atoms with Gasteiger partial charge in [0.1, 0.15) is 25.0 Å². The zero-order valence-electron chi connectivity index (χ0n) is 11.0. The average Bonchev–Trinajstić information content (AvgIpc) is 2.90. The second-order valence-electron chi connectivity index (χ2n) is 4.68. The maximum atomic E-state index is 4.39. The second-order valence-corrected chi connectivity index (χ2v) is 4.68. The Hall–Kier alpha value is -1.76. The smallest absolute Gasteiger partial charge is 0.164 e. The van der Waals surface area contributed by atoms with Crippen molar-refractivity contribution in [1.82, 2.24) is 34.8 Å². The van der Waals surface area contributed by atoms with Crippen LogP contribution < -0.4 is 5.32 Å². The van der Waals surface area contributed by atoms with Crippen LogP contribution in [0.5, 0.6) is 0 Å². The highest BCUT2D eigenvalue weighted by Gasteiger charge is 2.05. The van der Waals surface area contributed by atoms with Gasteiger partial charge in [0.05, 0.1) is 6.54 Å². The first kappa shape index (κ1) is 12.7. The van der Waals surface area contributed by atoms with Crippen molar-refractivity contribution in [2.45, 2.75) is 26.9 Å². The minimum Gasteiger partial charge on any atom is -0.310 e. The molecule has 1 N–H and O–H groups in total. The van der Waals surface area contributed by atoms with E-state index in [4.69, 9.17) is 0 Å². The van der Waals surface area contributed by atoms with E-state index in [1.807, 2.05) is 7.05 Å². The molecule has 7 nitrogen and oxygen atoms in total. The highest BCUT2D eigenvalue weighted by Crippen LogP contribution is 1.97. The maximum absolute atomic E-state index is 4.39. The molecule has 0 saturated carbocycles. The summed E-state index contributed by atoms with van der Waals surface area (Å²) >= 11 is 0. The summed E-state index contributed by atoms with van der Waals surface area (Å²) in [6, 6.07) is 0. The van der Waals surface area contributed by atoms with Gasteiger partial charge in [0.2, 0.25) is 0 Å². The summed E-state index contributed by atoms with van der Waals surface area (Å²) in [5.41, 5.74) is 0. The Kier molecular flexibility index (Phi) is 4.03. The molecule has 0 amide bonds. The lowest BCUT2D eigenvalue weighted by Gasteiger charge is -2.04. The molecule has 0 spiro atoms. The minimum atomic E-state index is 0.591. The van der Waals surface area contributed by atoms with Crippen molar-refractivity contribution in [2.24, 2.45) is 13.0 Å². The average molecular weight is 249 g/mol. The number of hydrogen-bond donors (Lipinski definition) is 1. The molecule has 0 radical (unpaired) electrons. The molecule has 0 bridgehead atoms. The standard InChI is InChI=1S/C11H19N7/c1-9(2)4-12-5-10-14-8-18(16-10)6-11-13-7-15-17(11)3/h7-9,12H,4-6H2,1-3H3. The Morgan fingerprint density at radius 1 is 1.33 bits per heavy atom. The van der Waals surface area contributed by atoms with E-state index in [2.05, 4.69) is 39.3 Å². The fourth-order valence-corrected chi connectivity index (χ4v) is 1.57. The SMILES string of the molecule is CC(C)CNCc1ncn(Cc2ncnn2C)n1. The number of rotatable bonds is 6. The molecule has 0 fully saturated rings. The van der Waals surface area contributed by atoms with Crippen LogP contribution in [0.4, 0.5) is 0 Å². The Morgan fingerprint density at radius 3 is 2.83 bits per heavy atom. The molecule has 0 saturated heterocycles. The lowest BCUT2D eigenvalue weighted by atomic mass is 10.2. The number of aromatic nitrogens is 6. The van der Waals surface area contributed by atoms with E-state index in [-0.39, 0.29) is 0 Å². The van der Waals surface area contributed by atoms with E-state index >= 15 is 0 Å². The van der Waals surface area contributed by atoms with Gasteiger partial charge in [-0.25, -0.2) is 14.6 Å². The number of nitrogens with zero attached hydrogens (tertiary/aromatic N) is 6. The zero-order valence-corrected chi connectivity index (χ0v) is 11.0. The molecule has 7 heteroatoms. The van der Waals surface area contributed by atoms with E-state index < -0.39 is 0 Å². The van der Waals surface area contributed by atoms with Crippen molar-refractivity contribution in [2.75, 3.05) is 6.54 Å². The van der Waals surface area contributed by atoms with E-state index in [0.29, 0.717) is 19.0 Å². The summed E-state index contributed by atoms with van der Waals surface area (Å²) in [5.74, 6) is 2.30. The molecule has 2 rings (SSSR count). The Balaban J connectivity index is 1.88. The van der Waals surface area contributed by atoms with Gasteiger partial charge in [-0.15, -0.1) is 0 Å². The van der Waals surface area contributed by atoms with Gasteiger partial charge in [-0.3, -0.25) is 4.68 Å². The van der Waals surface area contributed by atoms with Crippen LogP contribution in [-0.2, 0) is 20.1 Å². The quantitative estimate of drug-likeness (QED) is 0.791. The van der Waals surface area contributed by atoms with Gasteiger partial charge in [0.25, 0.3) is 0 Å². The van der Waals surface area contributed by atoms with Crippen molar-refractivity contribution in [3.63, 3.8) is 0 Å². The molecule has 98 valence electrons. The molecular formula is C11H19N7. The van der Waals surface area contributed by atoms with Crippen LogP contribution in [0.2, 0.25) is 0 Å². The van der Waals surface area contributed by atoms with Gasteiger partial charge in [-0.05, 0) is 12.5 Å². The monoisotopic (exact) mass is 249 g/mol. The van der Waals surface area contributed by atoms with Crippen LogP contribution in [-0.4, -0.2) is 36.1 Å². The van der Waals surface area contributed by atoms with Crippen molar-refractivity contribution in [1.29, 1.82) is 0 Å². The van der Waals surface area contributed by atoms with Gasteiger partial charge in [-0.1, -0.05) is 13.8 Å². The highest BCUT2D eigenvalue weighted by molar-refractivity contribution is 4.87. The van der Waals surface area contributed by atoms with Crippen molar-refractivity contribution in [3.05, 3.63) is 24.3 Å². The first-order valence-corrected chi connectivity index (χ1v) is 6.07. The summed E-state index contributed by atoms with van der Waals surface area (Å²) < 4.78 is 3.51. The van der Waals surface area contributed by atoms with Crippen molar-refractivity contribution in [3.8, 4) is 0 Å². The molecule has 18 heavy (non-hydrogen) atoms. The van der Waals surface area contributed by atoms with Crippen LogP contribution >= 0.6 is 0 Å². The lowest BCUT2D eigenvalue weighted by molar-refractivity contribution is 0.537. The molecule has 2 heterocycles. The van der Waals surface area contributed by atoms with E-state index in [0.717, 1.165) is 18.2 Å². The highest BCUT2D eigenvalue weighted by atomic mass is 15.4. The maximum Gasteiger partial charge on any atom is 0.164 e. The van der Waals surface area contributed by atoms with Crippen LogP contribution in [0.1, 0.15) is 25.5 Å².